The molecule has 2 aromatic rings. The van der Waals surface area contributed by atoms with Crippen molar-refractivity contribution in [2.24, 2.45) is 0 Å². The van der Waals surface area contributed by atoms with Crippen LogP contribution in [0.5, 0.6) is 0 Å². The van der Waals surface area contributed by atoms with E-state index >= 15 is 0 Å². The third-order valence-electron chi connectivity index (χ3n) is 2.94. The molecule has 0 saturated heterocycles. The molecule has 0 aliphatic heterocycles. The van der Waals surface area contributed by atoms with Gasteiger partial charge in [-0.05, 0) is 42.7 Å². The van der Waals surface area contributed by atoms with Gasteiger partial charge >= 0.3 is 5.97 Å². The molecule has 19 heavy (non-hydrogen) atoms. The summed E-state index contributed by atoms with van der Waals surface area (Å²) >= 11 is 0. The van der Waals surface area contributed by atoms with Crippen LogP contribution in [0.3, 0.4) is 0 Å². The van der Waals surface area contributed by atoms with Gasteiger partial charge in [-0.2, -0.15) is 0 Å². The first-order valence-electron chi connectivity index (χ1n) is 6.04. The standard InChI is InChI=1S/C16H15FO2/c1-10-5-11(2)7-13(6-10)12-3-4-15(17)14(8-12)9-16(18)19/h3-8H,9H2,1-2H3,(H,18,19). The van der Waals surface area contributed by atoms with Crippen molar-refractivity contribution in [1.29, 1.82) is 0 Å². The van der Waals surface area contributed by atoms with Crippen molar-refractivity contribution in [3.05, 3.63) is 58.9 Å². The molecular formula is C16H15FO2. The number of aryl methyl sites for hydroxylation is 2. The lowest BCUT2D eigenvalue weighted by molar-refractivity contribution is -0.136. The smallest absolute Gasteiger partial charge is 0.307 e. The Kier molecular flexibility index (Phi) is 3.65. The van der Waals surface area contributed by atoms with Gasteiger partial charge in [-0.25, -0.2) is 4.39 Å². The number of carboxylic acids is 1. The maximum absolute atomic E-state index is 13.5. The average Bonchev–Trinajstić information content (AvgIpc) is 2.30. The lowest BCUT2D eigenvalue weighted by atomic mass is 9.98. The molecule has 3 heteroatoms. The van der Waals surface area contributed by atoms with Crippen molar-refractivity contribution in [3.63, 3.8) is 0 Å². The number of aliphatic carboxylic acids is 1. The molecule has 0 spiro atoms. The van der Waals surface area contributed by atoms with Crippen molar-refractivity contribution in [2.45, 2.75) is 20.3 Å². The minimum absolute atomic E-state index is 0.212. The number of carboxylic acid groups (broad SMARTS) is 1. The fourth-order valence-corrected chi connectivity index (χ4v) is 2.19. The van der Waals surface area contributed by atoms with Gasteiger partial charge in [0.25, 0.3) is 0 Å². The highest BCUT2D eigenvalue weighted by molar-refractivity contribution is 5.72. The average molecular weight is 258 g/mol. The first-order chi connectivity index (χ1) is 8.95. The van der Waals surface area contributed by atoms with Gasteiger partial charge in [0, 0.05) is 0 Å². The van der Waals surface area contributed by atoms with E-state index in [-0.39, 0.29) is 12.0 Å². The fraction of sp³-hybridized carbons (Fsp3) is 0.188. The molecule has 0 atom stereocenters. The summed E-state index contributed by atoms with van der Waals surface area (Å²) < 4.78 is 13.5. The number of carbonyl (C=O) groups is 1. The van der Waals surface area contributed by atoms with Crippen LogP contribution >= 0.6 is 0 Å². The van der Waals surface area contributed by atoms with Gasteiger partial charge in [0.2, 0.25) is 0 Å². The number of rotatable bonds is 3. The second-order valence-electron chi connectivity index (χ2n) is 4.75. The maximum atomic E-state index is 13.5. The topological polar surface area (TPSA) is 37.3 Å². The largest absolute Gasteiger partial charge is 0.481 e. The van der Waals surface area contributed by atoms with Crippen LogP contribution in [0.4, 0.5) is 4.39 Å². The van der Waals surface area contributed by atoms with Crippen LogP contribution in [0.1, 0.15) is 16.7 Å². The fourth-order valence-electron chi connectivity index (χ4n) is 2.19. The molecule has 1 N–H and O–H groups in total. The molecule has 2 rings (SSSR count). The van der Waals surface area contributed by atoms with Crippen molar-refractivity contribution >= 4 is 5.97 Å². The zero-order chi connectivity index (χ0) is 14.0. The molecule has 0 unspecified atom stereocenters. The van der Waals surface area contributed by atoms with Crippen molar-refractivity contribution in [2.75, 3.05) is 0 Å². The molecule has 0 fully saturated rings. The summed E-state index contributed by atoms with van der Waals surface area (Å²) in [7, 11) is 0. The SMILES string of the molecule is Cc1cc(C)cc(-c2ccc(F)c(CC(=O)O)c2)c1. The Morgan fingerprint density at radius 1 is 1.05 bits per heavy atom. The second kappa shape index (κ2) is 5.22. The van der Waals surface area contributed by atoms with Gasteiger partial charge in [0.15, 0.2) is 0 Å². The molecule has 0 amide bonds. The first-order valence-corrected chi connectivity index (χ1v) is 6.04. The molecular weight excluding hydrogens is 243 g/mol. The predicted molar refractivity (Wildman–Crippen MR) is 72.6 cm³/mol. The monoisotopic (exact) mass is 258 g/mol. The van der Waals surface area contributed by atoms with Gasteiger partial charge in [0.1, 0.15) is 5.82 Å². The van der Waals surface area contributed by atoms with Crippen LogP contribution in [0.25, 0.3) is 11.1 Å². The zero-order valence-corrected chi connectivity index (χ0v) is 10.9. The van der Waals surface area contributed by atoms with E-state index in [4.69, 9.17) is 5.11 Å². The van der Waals surface area contributed by atoms with Crippen molar-refractivity contribution < 1.29 is 14.3 Å². The van der Waals surface area contributed by atoms with Gasteiger partial charge in [-0.3, -0.25) is 4.79 Å². The van der Waals surface area contributed by atoms with Gasteiger partial charge in [-0.15, -0.1) is 0 Å². The summed E-state index contributed by atoms with van der Waals surface area (Å²) in [6.07, 6.45) is -0.301. The molecule has 2 nitrogen and oxygen atoms in total. The second-order valence-corrected chi connectivity index (χ2v) is 4.75. The molecule has 0 radical (unpaired) electrons. The Bertz CT molecular complexity index is 612. The van der Waals surface area contributed by atoms with Crippen LogP contribution in [0.15, 0.2) is 36.4 Å². The van der Waals surface area contributed by atoms with Crippen LogP contribution < -0.4 is 0 Å². The molecule has 0 aromatic heterocycles. The van der Waals surface area contributed by atoms with Gasteiger partial charge < -0.3 is 5.11 Å². The van der Waals surface area contributed by atoms with E-state index in [9.17, 15) is 9.18 Å². The first kappa shape index (κ1) is 13.3. The molecule has 0 aliphatic carbocycles. The van der Waals surface area contributed by atoms with E-state index in [0.29, 0.717) is 0 Å². The molecule has 0 heterocycles. The van der Waals surface area contributed by atoms with E-state index in [0.717, 1.165) is 22.3 Å². The summed E-state index contributed by atoms with van der Waals surface area (Å²) in [6.45, 7) is 4.00. The quantitative estimate of drug-likeness (QED) is 0.910. The van der Waals surface area contributed by atoms with Crippen molar-refractivity contribution in [1.82, 2.24) is 0 Å². The van der Waals surface area contributed by atoms with Crippen LogP contribution in [0, 0.1) is 19.7 Å². The minimum atomic E-state index is -1.03. The Labute approximate surface area is 111 Å². The maximum Gasteiger partial charge on any atom is 0.307 e. The van der Waals surface area contributed by atoms with E-state index in [1.165, 1.54) is 6.07 Å². The Hall–Kier alpha value is -2.16. The Morgan fingerprint density at radius 3 is 2.26 bits per heavy atom. The highest BCUT2D eigenvalue weighted by Gasteiger charge is 2.09. The number of halogens is 1. The third kappa shape index (κ3) is 3.19. The molecule has 98 valence electrons. The Balaban J connectivity index is 2.47. The van der Waals surface area contributed by atoms with E-state index in [2.05, 4.69) is 6.07 Å². The molecule has 0 bridgehead atoms. The zero-order valence-electron chi connectivity index (χ0n) is 10.9. The highest BCUT2D eigenvalue weighted by atomic mass is 19.1. The third-order valence-corrected chi connectivity index (χ3v) is 2.94. The summed E-state index contributed by atoms with van der Waals surface area (Å²) in [5, 5.41) is 8.77. The van der Waals surface area contributed by atoms with Crippen LogP contribution in [-0.4, -0.2) is 11.1 Å². The summed E-state index contributed by atoms with van der Waals surface area (Å²) in [6, 6.07) is 10.7. The van der Waals surface area contributed by atoms with E-state index < -0.39 is 11.8 Å². The Morgan fingerprint density at radius 2 is 1.68 bits per heavy atom. The van der Waals surface area contributed by atoms with Crippen molar-refractivity contribution in [3.8, 4) is 11.1 Å². The summed E-state index contributed by atoms with van der Waals surface area (Å²) in [5.74, 6) is -1.51. The summed E-state index contributed by atoms with van der Waals surface area (Å²) in [5.41, 5.74) is 4.27. The lowest BCUT2D eigenvalue weighted by Crippen LogP contribution is -2.02. The van der Waals surface area contributed by atoms with E-state index in [1.807, 2.05) is 26.0 Å². The number of benzene rings is 2. The highest BCUT2D eigenvalue weighted by Crippen LogP contribution is 2.24. The summed E-state index contributed by atoms with van der Waals surface area (Å²) in [4.78, 5) is 10.7. The molecule has 0 saturated carbocycles. The van der Waals surface area contributed by atoms with Gasteiger partial charge in [0.05, 0.1) is 6.42 Å². The number of hydrogen-bond acceptors (Lipinski definition) is 1. The van der Waals surface area contributed by atoms with Crippen LogP contribution in [0.2, 0.25) is 0 Å². The lowest BCUT2D eigenvalue weighted by Gasteiger charge is -2.08. The normalized spacial score (nSPS) is 10.5. The van der Waals surface area contributed by atoms with Crippen LogP contribution in [-0.2, 0) is 11.2 Å². The minimum Gasteiger partial charge on any atom is -0.481 e. The molecule has 2 aromatic carbocycles. The van der Waals surface area contributed by atoms with Gasteiger partial charge in [-0.1, -0.05) is 35.4 Å². The number of hydrogen-bond donors (Lipinski definition) is 1. The molecule has 0 aliphatic rings. The predicted octanol–water partition coefficient (Wildman–Crippen LogP) is 3.74. The van der Waals surface area contributed by atoms with E-state index in [1.54, 1.807) is 12.1 Å².